The Balaban J connectivity index is 1.81. The van der Waals surface area contributed by atoms with Gasteiger partial charge in [-0.15, -0.1) is 0 Å². The second kappa shape index (κ2) is 7.80. The molecule has 0 fully saturated rings. The maximum absolute atomic E-state index is 12.0. The first-order valence-electron chi connectivity index (χ1n) is 7.01. The number of nitrogens with one attached hydrogen (secondary N) is 2. The molecule has 2 atom stereocenters. The molecule has 7 heteroatoms. The summed E-state index contributed by atoms with van der Waals surface area (Å²) < 4.78 is 4.81. The molecule has 0 aliphatic carbocycles. The van der Waals surface area contributed by atoms with Crippen molar-refractivity contribution < 1.29 is 19.1 Å². The zero-order valence-electron chi connectivity index (χ0n) is 12.5. The fourth-order valence-electron chi connectivity index (χ4n) is 1.89. The third-order valence-corrected chi connectivity index (χ3v) is 3.50. The minimum Gasteiger partial charge on any atom is -0.472 e. The number of benzene rings is 1. The molecule has 2 rings (SSSR count). The number of carbonyl (C=O) groups is 2. The third-order valence-electron chi connectivity index (χ3n) is 3.25. The van der Waals surface area contributed by atoms with Crippen LogP contribution in [0.4, 0.5) is 0 Å². The highest BCUT2D eigenvalue weighted by Crippen LogP contribution is 2.15. The fraction of sp³-hybridized carbons (Fsp3) is 0.250. The van der Waals surface area contributed by atoms with Crippen molar-refractivity contribution in [2.45, 2.75) is 19.1 Å². The minimum absolute atomic E-state index is 0.0341. The van der Waals surface area contributed by atoms with Crippen LogP contribution in [0.1, 0.15) is 28.9 Å². The summed E-state index contributed by atoms with van der Waals surface area (Å²) in [6.45, 7) is 1.59. The molecule has 3 N–H and O–H groups in total. The van der Waals surface area contributed by atoms with Gasteiger partial charge in [-0.05, 0) is 30.7 Å². The Kier molecular flexibility index (Phi) is 5.78. The molecule has 1 heterocycles. The highest BCUT2D eigenvalue weighted by Gasteiger charge is 2.18. The highest BCUT2D eigenvalue weighted by atomic mass is 35.5. The molecule has 23 heavy (non-hydrogen) atoms. The van der Waals surface area contributed by atoms with Crippen molar-refractivity contribution in [1.82, 2.24) is 10.6 Å². The van der Waals surface area contributed by atoms with Crippen LogP contribution in [0.15, 0.2) is 47.3 Å². The molecular formula is C16H17ClN2O4. The van der Waals surface area contributed by atoms with Crippen LogP contribution in [0.25, 0.3) is 0 Å². The molecule has 0 spiro atoms. The third kappa shape index (κ3) is 4.84. The highest BCUT2D eigenvalue weighted by molar-refractivity contribution is 6.30. The van der Waals surface area contributed by atoms with Crippen LogP contribution in [0.2, 0.25) is 5.02 Å². The number of aliphatic hydroxyl groups is 1. The Bertz CT molecular complexity index is 655. The van der Waals surface area contributed by atoms with E-state index < -0.39 is 24.0 Å². The Morgan fingerprint density at radius 2 is 1.96 bits per heavy atom. The van der Waals surface area contributed by atoms with Crippen LogP contribution in [-0.2, 0) is 4.79 Å². The number of halogens is 1. The molecule has 0 bridgehead atoms. The van der Waals surface area contributed by atoms with Gasteiger partial charge in [-0.1, -0.05) is 23.7 Å². The van der Waals surface area contributed by atoms with E-state index in [0.29, 0.717) is 16.1 Å². The second-order valence-electron chi connectivity index (χ2n) is 5.02. The van der Waals surface area contributed by atoms with E-state index in [2.05, 4.69) is 10.6 Å². The van der Waals surface area contributed by atoms with E-state index in [1.54, 1.807) is 31.2 Å². The van der Waals surface area contributed by atoms with Gasteiger partial charge in [0, 0.05) is 11.6 Å². The van der Waals surface area contributed by atoms with Gasteiger partial charge >= 0.3 is 0 Å². The molecule has 6 nitrogen and oxygen atoms in total. The van der Waals surface area contributed by atoms with Crippen LogP contribution in [0.3, 0.4) is 0 Å². The molecule has 2 unspecified atom stereocenters. The lowest BCUT2D eigenvalue weighted by molar-refractivity contribution is -0.123. The average molecular weight is 337 g/mol. The Morgan fingerprint density at radius 3 is 2.57 bits per heavy atom. The lowest BCUT2D eigenvalue weighted by Gasteiger charge is -2.16. The number of hydrogen-bond acceptors (Lipinski definition) is 4. The molecule has 0 aliphatic heterocycles. The SMILES string of the molecule is CC(NC(=O)c1ccoc1)C(=O)NCC(O)c1ccc(Cl)cc1. The molecule has 0 radical (unpaired) electrons. The van der Waals surface area contributed by atoms with Crippen LogP contribution in [0.5, 0.6) is 0 Å². The van der Waals surface area contributed by atoms with Gasteiger partial charge in [-0.3, -0.25) is 9.59 Å². The summed E-state index contributed by atoms with van der Waals surface area (Å²) in [4.78, 5) is 23.8. The molecule has 0 saturated carbocycles. The van der Waals surface area contributed by atoms with Crippen molar-refractivity contribution in [2.24, 2.45) is 0 Å². The molecular weight excluding hydrogens is 320 g/mol. The normalized spacial score (nSPS) is 13.2. The van der Waals surface area contributed by atoms with Gasteiger partial charge in [0.1, 0.15) is 12.3 Å². The number of rotatable bonds is 6. The van der Waals surface area contributed by atoms with Crippen LogP contribution >= 0.6 is 11.6 Å². The number of amides is 2. The van der Waals surface area contributed by atoms with Gasteiger partial charge in [0.2, 0.25) is 5.91 Å². The minimum atomic E-state index is -0.854. The second-order valence-corrected chi connectivity index (χ2v) is 5.46. The first-order chi connectivity index (χ1) is 11.0. The van der Waals surface area contributed by atoms with Crippen LogP contribution in [0, 0.1) is 0 Å². The fourth-order valence-corrected chi connectivity index (χ4v) is 2.02. The van der Waals surface area contributed by atoms with E-state index in [0.717, 1.165) is 0 Å². The summed E-state index contributed by atoms with van der Waals surface area (Å²) in [5.74, 6) is -0.797. The summed E-state index contributed by atoms with van der Waals surface area (Å²) in [6.07, 6.45) is 1.82. The molecule has 2 amide bonds. The Labute approximate surface area is 138 Å². The number of carbonyl (C=O) groups excluding carboxylic acids is 2. The van der Waals surface area contributed by atoms with Gasteiger partial charge in [0.25, 0.3) is 5.91 Å². The van der Waals surface area contributed by atoms with Crippen molar-refractivity contribution in [3.05, 3.63) is 59.0 Å². The van der Waals surface area contributed by atoms with Gasteiger partial charge in [0.05, 0.1) is 17.9 Å². The predicted octanol–water partition coefficient (Wildman–Crippen LogP) is 1.90. The zero-order chi connectivity index (χ0) is 16.8. The smallest absolute Gasteiger partial charge is 0.255 e. The first-order valence-corrected chi connectivity index (χ1v) is 7.39. The quantitative estimate of drug-likeness (QED) is 0.751. The van der Waals surface area contributed by atoms with Crippen molar-refractivity contribution in [2.75, 3.05) is 6.54 Å². The molecule has 122 valence electrons. The Hall–Kier alpha value is -2.31. The molecule has 0 saturated heterocycles. The van der Waals surface area contributed by atoms with Gasteiger partial charge in [-0.25, -0.2) is 0 Å². The van der Waals surface area contributed by atoms with Crippen LogP contribution < -0.4 is 10.6 Å². The molecule has 0 aliphatic rings. The summed E-state index contributed by atoms with van der Waals surface area (Å²) in [6, 6.07) is 7.46. The number of aliphatic hydroxyl groups excluding tert-OH is 1. The average Bonchev–Trinajstić information content (AvgIpc) is 3.07. The summed E-state index contributed by atoms with van der Waals surface area (Å²) >= 11 is 5.78. The van der Waals surface area contributed by atoms with Crippen molar-refractivity contribution in [3.63, 3.8) is 0 Å². The van der Waals surface area contributed by atoms with Crippen molar-refractivity contribution in [3.8, 4) is 0 Å². The lowest BCUT2D eigenvalue weighted by Crippen LogP contribution is -2.45. The van der Waals surface area contributed by atoms with Crippen molar-refractivity contribution >= 4 is 23.4 Å². The molecule has 2 aromatic rings. The topological polar surface area (TPSA) is 91.6 Å². The largest absolute Gasteiger partial charge is 0.472 e. The Morgan fingerprint density at radius 1 is 1.26 bits per heavy atom. The molecule has 1 aromatic carbocycles. The standard InChI is InChI=1S/C16H17ClN2O4/c1-10(19-16(22)12-6-7-23-9-12)15(21)18-8-14(20)11-2-4-13(17)5-3-11/h2-7,9-10,14,20H,8H2,1H3,(H,18,21)(H,19,22). The number of hydrogen-bond donors (Lipinski definition) is 3. The van der Waals surface area contributed by atoms with Gasteiger partial charge in [-0.2, -0.15) is 0 Å². The van der Waals surface area contributed by atoms with E-state index in [9.17, 15) is 14.7 Å². The van der Waals surface area contributed by atoms with Crippen LogP contribution in [-0.4, -0.2) is 29.5 Å². The predicted molar refractivity (Wildman–Crippen MR) is 85.1 cm³/mol. The van der Waals surface area contributed by atoms with E-state index in [1.807, 2.05) is 0 Å². The van der Waals surface area contributed by atoms with E-state index in [4.69, 9.17) is 16.0 Å². The monoisotopic (exact) mass is 336 g/mol. The molecule has 1 aromatic heterocycles. The summed E-state index contributed by atoms with van der Waals surface area (Å²) in [5, 5.41) is 15.7. The van der Waals surface area contributed by atoms with E-state index in [1.165, 1.54) is 18.6 Å². The first kappa shape index (κ1) is 17.1. The lowest BCUT2D eigenvalue weighted by atomic mass is 10.1. The summed E-state index contributed by atoms with van der Waals surface area (Å²) in [7, 11) is 0. The van der Waals surface area contributed by atoms with Crippen molar-refractivity contribution in [1.29, 1.82) is 0 Å². The van der Waals surface area contributed by atoms with Gasteiger partial charge in [0.15, 0.2) is 0 Å². The maximum atomic E-state index is 12.0. The van der Waals surface area contributed by atoms with Gasteiger partial charge < -0.3 is 20.2 Å². The van der Waals surface area contributed by atoms with E-state index >= 15 is 0 Å². The number of furan rings is 1. The maximum Gasteiger partial charge on any atom is 0.255 e. The zero-order valence-corrected chi connectivity index (χ0v) is 13.2. The van der Waals surface area contributed by atoms with E-state index in [-0.39, 0.29) is 6.54 Å². The summed E-state index contributed by atoms with van der Waals surface area (Å²) in [5.41, 5.74) is 0.982.